The van der Waals surface area contributed by atoms with Crippen molar-refractivity contribution in [1.82, 2.24) is 4.98 Å². The first-order chi connectivity index (χ1) is 5.68. The number of hydrogen-bond donors (Lipinski definition) is 0. The van der Waals surface area contributed by atoms with Gasteiger partial charge in [0, 0.05) is 12.6 Å². The highest BCUT2D eigenvalue weighted by Crippen LogP contribution is 2.08. The van der Waals surface area contributed by atoms with Crippen molar-refractivity contribution in [2.24, 2.45) is 0 Å². The van der Waals surface area contributed by atoms with Crippen molar-refractivity contribution in [3.63, 3.8) is 0 Å². The number of hydrogen-bond acceptors (Lipinski definition) is 2. The lowest BCUT2D eigenvalue weighted by molar-refractivity contribution is -0.116. The minimum atomic E-state index is 0.197. The normalized spacial score (nSPS) is 9.83. The van der Waals surface area contributed by atoms with E-state index in [-0.39, 0.29) is 5.78 Å². The highest BCUT2D eigenvalue weighted by Gasteiger charge is 1.97. The summed E-state index contributed by atoms with van der Waals surface area (Å²) in [6, 6.07) is 3.65. The molecule has 3 heteroatoms. The molecule has 0 aromatic carbocycles. The van der Waals surface area contributed by atoms with Crippen molar-refractivity contribution in [3.8, 4) is 0 Å². The molecule has 0 fully saturated rings. The van der Waals surface area contributed by atoms with E-state index in [9.17, 15) is 4.79 Å². The third-order valence-corrected chi connectivity index (χ3v) is 1.76. The molecule has 0 aliphatic carbocycles. The quantitative estimate of drug-likeness (QED) is 0.673. The number of aryl methyl sites for hydroxylation is 1. The molecule has 12 heavy (non-hydrogen) atoms. The standard InChI is InChI=1S/C9H10ClNO/c1-7(12)2-3-8-4-5-11-9(10)6-8/h4-6H,2-3H2,1H3. The van der Waals surface area contributed by atoms with E-state index in [1.54, 1.807) is 19.2 Å². The Bertz CT molecular complexity index is 286. The van der Waals surface area contributed by atoms with E-state index in [1.165, 1.54) is 0 Å². The SMILES string of the molecule is CC(=O)CCc1ccnc(Cl)c1. The summed E-state index contributed by atoms with van der Waals surface area (Å²) < 4.78 is 0. The largest absolute Gasteiger partial charge is 0.300 e. The molecule has 64 valence electrons. The number of Topliss-reactive ketones (excluding diaryl/α,β-unsaturated/α-hetero) is 1. The second-order valence-electron chi connectivity index (χ2n) is 2.69. The highest BCUT2D eigenvalue weighted by atomic mass is 35.5. The van der Waals surface area contributed by atoms with E-state index in [0.717, 1.165) is 12.0 Å². The van der Waals surface area contributed by atoms with E-state index < -0.39 is 0 Å². The molecule has 0 saturated heterocycles. The molecule has 0 N–H and O–H groups in total. The molecule has 0 amide bonds. The molecule has 0 bridgehead atoms. The fourth-order valence-electron chi connectivity index (χ4n) is 0.918. The average molecular weight is 184 g/mol. The molecule has 1 aromatic heterocycles. The van der Waals surface area contributed by atoms with Gasteiger partial charge < -0.3 is 4.79 Å². The maximum Gasteiger partial charge on any atom is 0.130 e. The van der Waals surface area contributed by atoms with Crippen LogP contribution in [-0.4, -0.2) is 10.8 Å². The van der Waals surface area contributed by atoms with Crippen LogP contribution in [0, 0.1) is 0 Å². The van der Waals surface area contributed by atoms with Gasteiger partial charge in [-0.2, -0.15) is 0 Å². The molecule has 1 heterocycles. The molecule has 2 nitrogen and oxygen atoms in total. The van der Waals surface area contributed by atoms with E-state index in [4.69, 9.17) is 11.6 Å². The summed E-state index contributed by atoms with van der Waals surface area (Å²) in [4.78, 5) is 14.5. The number of carbonyl (C=O) groups excluding carboxylic acids is 1. The molecule has 0 atom stereocenters. The van der Waals surface area contributed by atoms with Gasteiger partial charge in [0.25, 0.3) is 0 Å². The molecule has 0 unspecified atom stereocenters. The Labute approximate surface area is 76.6 Å². The van der Waals surface area contributed by atoms with Gasteiger partial charge in [-0.25, -0.2) is 4.98 Å². The molecule has 1 aromatic rings. The van der Waals surface area contributed by atoms with Crippen LogP contribution < -0.4 is 0 Å². The number of aromatic nitrogens is 1. The molecule has 0 aliphatic rings. The van der Waals surface area contributed by atoms with Crippen LogP contribution in [0.3, 0.4) is 0 Å². The molecule has 0 aliphatic heterocycles. The zero-order valence-corrected chi connectivity index (χ0v) is 7.64. The van der Waals surface area contributed by atoms with Crippen LogP contribution in [0.5, 0.6) is 0 Å². The van der Waals surface area contributed by atoms with Gasteiger partial charge in [0.05, 0.1) is 0 Å². The molecule has 0 radical (unpaired) electrons. The van der Waals surface area contributed by atoms with Crippen LogP contribution in [0.4, 0.5) is 0 Å². The summed E-state index contributed by atoms with van der Waals surface area (Å²) in [6.45, 7) is 1.59. The summed E-state index contributed by atoms with van der Waals surface area (Å²) >= 11 is 5.66. The molecular formula is C9H10ClNO. The van der Waals surface area contributed by atoms with Crippen molar-refractivity contribution in [1.29, 1.82) is 0 Å². The Morgan fingerprint density at radius 3 is 3.00 bits per heavy atom. The summed E-state index contributed by atoms with van der Waals surface area (Å²) in [6.07, 6.45) is 2.97. The zero-order valence-electron chi connectivity index (χ0n) is 6.88. The van der Waals surface area contributed by atoms with E-state index >= 15 is 0 Å². The van der Waals surface area contributed by atoms with Crippen LogP contribution in [0.25, 0.3) is 0 Å². The highest BCUT2D eigenvalue weighted by molar-refractivity contribution is 6.29. The monoisotopic (exact) mass is 183 g/mol. The number of pyridine rings is 1. The van der Waals surface area contributed by atoms with Crippen LogP contribution in [0.1, 0.15) is 18.9 Å². The second-order valence-corrected chi connectivity index (χ2v) is 3.08. The molecule has 1 rings (SSSR count). The minimum absolute atomic E-state index is 0.197. The van der Waals surface area contributed by atoms with Crippen LogP contribution >= 0.6 is 11.6 Å². The Morgan fingerprint density at radius 2 is 2.42 bits per heavy atom. The molecular weight excluding hydrogens is 174 g/mol. The number of nitrogens with zero attached hydrogens (tertiary/aromatic N) is 1. The third kappa shape index (κ3) is 3.01. The molecule has 0 spiro atoms. The third-order valence-electron chi connectivity index (χ3n) is 1.56. The summed E-state index contributed by atoms with van der Waals surface area (Å²) in [5, 5.41) is 0.482. The van der Waals surface area contributed by atoms with Gasteiger partial charge in [-0.1, -0.05) is 11.6 Å². The summed E-state index contributed by atoms with van der Waals surface area (Å²) in [7, 11) is 0. The first-order valence-electron chi connectivity index (χ1n) is 3.78. The first kappa shape index (κ1) is 9.20. The summed E-state index contributed by atoms with van der Waals surface area (Å²) in [5.41, 5.74) is 1.06. The first-order valence-corrected chi connectivity index (χ1v) is 4.16. The molecule has 0 saturated carbocycles. The lowest BCUT2D eigenvalue weighted by Crippen LogP contribution is -1.94. The van der Waals surface area contributed by atoms with Gasteiger partial charge >= 0.3 is 0 Å². The Balaban J connectivity index is 2.57. The Morgan fingerprint density at radius 1 is 1.67 bits per heavy atom. The maximum absolute atomic E-state index is 10.7. The second kappa shape index (κ2) is 4.21. The van der Waals surface area contributed by atoms with E-state index in [0.29, 0.717) is 11.6 Å². The van der Waals surface area contributed by atoms with Crippen molar-refractivity contribution >= 4 is 17.4 Å². The van der Waals surface area contributed by atoms with Crippen LogP contribution in [0.15, 0.2) is 18.3 Å². The smallest absolute Gasteiger partial charge is 0.130 e. The van der Waals surface area contributed by atoms with Crippen molar-refractivity contribution in [2.45, 2.75) is 19.8 Å². The lowest BCUT2D eigenvalue weighted by atomic mass is 10.1. The van der Waals surface area contributed by atoms with Crippen LogP contribution in [0.2, 0.25) is 5.15 Å². The van der Waals surface area contributed by atoms with Crippen molar-refractivity contribution < 1.29 is 4.79 Å². The predicted octanol–water partition coefficient (Wildman–Crippen LogP) is 2.26. The van der Waals surface area contributed by atoms with Gasteiger partial charge in [-0.05, 0) is 31.0 Å². The zero-order chi connectivity index (χ0) is 8.97. The van der Waals surface area contributed by atoms with Gasteiger partial charge in [0.2, 0.25) is 0 Å². The van der Waals surface area contributed by atoms with E-state index in [1.807, 2.05) is 6.07 Å². The van der Waals surface area contributed by atoms with E-state index in [2.05, 4.69) is 4.98 Å². The fourth-order valence-corrected chi connectivity index (χ4v) is 1.11. The topological polar surface area (TPSA) is 30.0 Å². The van der Waals surface area contributed by atoms with Crippen molar-refractivity contribution in [2.75, 3.05) is 0 Å². The van der Waals surface area contributed by atoms with Gasteiger partial charge in [0.1, 0.15) is 10.9 Å². The maximum atomic E-state index is 10.7. The van der Waals surface area contributed by atoms with Crippen molar-refractivity contribution in [3.05, 3.63) is 29.0 Å². The van der Waals surface area contributed by atoms with Gasteiger partial charge in [0.15, 0.2) is 0 Å². The predicted molar refractivity (Wildman–Crippen MR) is 48.2 cm³/mol. The van der Waals surface area contributed by atoms with Gasteiger partial charge in [-0.3, -0.25) is 0 Å². The summed E-state index contributed by atoms with van der Waals surface area (Å²) in [5.74, 6) is 0.197. The average Bonchev–Trinajstić information content (AvgIpc) is 2.01. The Hall–Kier alpha value is -0.890. The Kier molecular flexibility index (Phi) is 3.23. The number of rotatable bonds is 3. The van der Waals surface area contributed by atoms with Gasteiger partial charge in [-0.15, -0.1) is 0 Å². The lowest BCUT2D eigenvalue weighted by Gasteiger charge is -1.97. The number of ketones is 1. The minimum Gasteiger partial charge on any atom is -0.300 e. The number of halogens is 1. The number of carbonyl (C=O) groups is 1. The fraction of sp³-hybridized carbons (Fsp3) is 0.333. The van der Waals surface area contributed by atoms with Crippen LogP contribution in [-0.2, 0) is 11.2 Å².